The summed E-state index contributed by atoms with van der Waals surface area (Å²) in [4.78, 5) is 0. The van der Waals surface area contributed by atoms with Gasteiger partial charge < -0.3 is 0 Å². The zero-order valence-electron chi connectivity index (χ0n) is 1.49. The van der Waals surface area contributed by atoms with Gasteiger partial charge in [-0.1, -0.05) is 0 Å². The summed E-state index contributed by atoms with van der Waals surface area (Å²) in [5, 5.41) is 0. The van der Waals surface area contributed by atoms with Crippen molar-refractivity contribution in [3.05, 3.63) is 0 Å². The van der Waals surface area contributed by atoms with Crippen LogP contribution in [0.2, 0.25) is 0 Å². The molecule has 0 aliphatic rings. The van der Waals surface area contributed by atoms with Crippen molar-refractivity contribution in [2.75, 3.05) is 0 Å². The van der Waals surface area contributed by atoms with Crippen molar-refractivity contribution in [3.63, 3.8) is 0 Å². The summed E-state index contributed by atoms with van der Waals surface area (Å²) in [5.41, 5.74) is 0. The normalized spacial score (nSPS) is 5.50. The maximum atomic E-state index is 2.39. The van der Waals surface area contributed by atoms with Crippen molar-refractivity contribution < 1.29 is 33.0 Å². The zero-order chi connectivity index (χ0) is 2.71. The van der Waals surface area contributed by atoms with E-state index in [1.54, 1.807) is 0 Å². The van der Waals surface area contributed by atoms with Gasteiger partial charge in [0.2, 0.25) is 0 Å². The second kappa shape index (κ2) is 9.27. The van der Waals surface area contributed by atoms with E-state index in [0.717, 1.165) is 0 Å². The van der Waals surface area contributed by atoms with E-state index in [2.05, 4.69) is 37.2 Å². The third-order valence-electron chi connectivity index (χ3n) is 0. The van der Waals surface area contributed by atoms with Crippen molar-refractivity contribution >= 4 is 37.2 Å². The van der Waals surface area contributed by atoms with E-state index in [9.17, 15) is 0 Å². The molecule has 0 aliphatic heterocycles. The molecule has 4 heavy (non-hydrogen) atoms. The summed E-state index contributed by atoms with van der Waals surface area (Å²) in [6, 6.07) is 0. The van der Waals surface area contributed by atoms with Crippen LogP contribution in [-0.2, 0) is 19.8 Å². The molecule has 0 rings (SSSR count). The summed E-state index contributed by atoms with van der Waals surface area (Å²) in [5.74, 6) is 0. The fourth-order valence-corrected chi connectivity index (χ4v) is 0. The molecule has 4 heteroatoms. The predicted octanol–water partition coefficient (Wildman–Crippen LogP) is -1.23. The average molecular weight is 571 g/mol. The Morgan fingerprint density at radius 3 is 1.25 bits per heavy atom. The fraction of sp³-hybridized carbons (Fsp3) is 0. The van der Waals surface area contributed by atoms with Gasteiger partial charge >= 0.3 is 50.5 Å². The van der Waals surface area contributed by atoms with Gasteiger partial charge in [-0.3, -0.25) is 0 Å². The maximum absolute atomic E-state index is 2.39. The van der Waals surface area contributed by atoms with E-state index in [1.165, 1.54) is 0 Å². The van der Waals surface area contributed by atoms with E-state index in [4.69, 9.17) is 0 Å². The molecular formula is I3Os-. The Labute approximate surface area is 68.5 Å². The van der Waals surface area contributed by atoms with Crippen LogP contribution in [0.4, 0.5) is 0 Å². The third kappa shape index (κ3) is 8.85. The van der Waals surface area contributed by atoms with E-state index < -0.39 is 0 Å². The van der Waals surface area contributed by atoms with Crippen LogP contribution in [0, 0.1) is 0 Å². The minimum Gasteiger partial charge on any atom is 0 e. The van der Waals surface area contributed by atoms with E-state index in [0.29, 0.717) is 13.3 Å². The summed E-state index contributed by atoms with van der Waals surface area (Å²) in [6.45, 7) is 0. The maximum Gasteiger partial charge on any atom is 0 e. The molecule has 0 N–H and O–H groups in total. The van der Waals surface area contributed by atoms with Crippen LogP contribution in [0.15, 0.2) is 0 Å². The molecule has 30 valence electrons. The Bertz CT molecular complexity index is 3.25. The second-order valence-corrected chi connectivity index (χ2v) is 16.3. The van der Waals surface area contributed by atoms with Crippen LogP contribution >= 0.6 is 37.2 Å². The Morgan fingerprint density at radius 2 is 1.25 bits per heavy atom. The molecule has 0 unspecified atom stereocenters. The Kier molecular flexibility index (Phi) is 23.1. The summed E-state index contributed by atoms with van der Waals surface area (Å²) in [7, 11) is 0. The first-order valence-electron chi connectivity index (χ1n) is 0.286. The van der Waals surface area contributed by atoms with Gasteiger partial charge in [-0.25, -0.2) is 0 Å². The molecule has 0 aromatic heterocycles. The Hall–Kier alpha value is 2.83. The van der Waals surface area contributed by atoms with Crippen molar-refractivity contribution in [2.45, 2.75) is 0 Å². The van der Waals surface area contributed by atoms with E-state index in [1.807, 2.05) is 0 Å². The van der Waals surface area contributed by atoms with Gasteiger partial charge in [0.25, 0.3) is 0 Å². The van der Waals surface area contributed by atoms with Gasteiger partial charge in [-0.05, 0) is 0 Å². The van der Waals surface area contributed by atoms with Crippen molar-refractivity contribution in [2.24, 2.45) is 0 Å². The van der Waals surface area contributed by atoms with Crippen molar-refractivity contribution in [3.8, 4) is 0 Å². The Morgan fingerprint density at radius 1 is 1.25 bits per heavy atom. The van der Waals surface area contributed by atoms with Crippen LogP contribution < -0.4 is 13.3 Å². The van der Waals surface area contributed by atoms with Crippen molar-refractivity contribution in [1.29, 1.82) is 0 Å². The molecule has 0 atom stereocenters. The summed E-state index contributed by atoms with van der Waals surface area (Å²) >= 11 is 5.30. The largest absolute Gasteiger partial charge is 0 e. The number of hydrogen-bond donors (Lipinski definition) is 0. The van der Waals surface area contributed by atoms with Gasteiger partial charge in [0.1, 0.15) is 0 Å². The molecule has 0 fully saturated rings. The summed E-state index contributed by atoms with van der Waals surface area (Å²) < 4.78 is 0. The standard InChI is InChI=1S/I3.Os/c1-3-2;/q-1;. The van der Waals surface area contributed by atoms with Crippen LogP contribution in [0.5, 0.6) is 0 Å². The number of rotatable bonds is 0. The van der Waals surface area contributed by atoms with Crippen LogP contribution in [0.1, 0.15) is 0 Å². The van der Waals surface area contributed by atoms with Gasteiger partial charge in [0.15, 0.2) is 0 Å². The molecule has 0 heterocycles. The second-order valence-electron chi connectivity index (χ2n) is 0.0540. The Balaban J connectivity index is 0. The average Bonchev–Trinajstić information content (AvgIpc) is 0.918. The van der Waals surface area contributed by atoms with E-state index >= 15 is 0 Å². The summed E-state index contributed by atoms with van der Waals surface area (Å²) in [6.07, 6.45) is 0. The van der Waals surface area contributed by atoms with Gasteiger partial charge in [0.05, 0.1) is 0 Å². The molecule has 0 bridgehead atoms. The molecule has 0 saturated carbocycles. The molecule has 0 aliphatic carbocycles. The van der Waals surface area contributed by atoms with Gasteiger partial charge in [-0.15, -0.1) is 0 Å². The molecule has 0 saturated heterocycles. The number of halogens is 3. The van der Waals surface area contributed by atoms with E-state index in [-0.39, 0.29) is 19.8 Å². The van der Waals surface area contributed by atoms with Crippen molar-refractivity contribution in [1.82, 2.24) is 0 Å². The van der Waals surface area contributed by atoms with Crippen LogP contribution in [0.3, 0.4) is 0 Å². The van der Waals surface area contributed by atoms with Crippen LogP contribution in [-0.4, -0.2) is 0 Å². The quantitative estimate of drug-likeness (QED) is 0.320. The molecule has 0 amide bonds. The third-order valence-corrected chi connectivity index (χ3v) is 0. The molecular weight excluding hydrogens is 571 g/mol. The molecule has 0 aromatic rings. The minimum absolute atomic E-state index is 0. The first kappa shape index (κ1) is 9.95. The minimum atomic E-state index is 0. The fourth-order valence-electron chi connectivity index (χ4n) is 0. The zero-order valence-corrected chi connectivity index (χ0v) is 10.5. The predicted molar refractivity (Wildman–Crippen MR) is 28.0 cm³/mol. The molecule has 0 radical (unpaired) electrons. The first-order chi connectivity index (χ1) is 1.41. The molecule has 0 aromatic carbocycles. The first-order valence-corrected chi connectivity index (χ1v) is 12.9. The molecule has 0 nitrogen and oxygen atoms in total. The molecule has 0 spiro atoms. The smallest absolute Gasteiger partial charge is 0 e. The monoisotopic (exact) mass is 573 g/mol. The van der Waals surface area contributed by atoms with Crippen LogP contribution in [0.25, 0.3) is 0 Å². The van der Waals surface area contributed by atoms with Gasteiger partial charge in [0, 0.05) is 19.8 Å². The SMILES string of the molecule is I[I-]I.[Os]. The topological polar surface area (TPSA) is 0 Å². The number of hydrogen-bond acceptors (Lipinski definition) is 0. The van der Waals surface area contributed by atoms with Gasteiger partial charge in [-0.2, -0.15) is 0 Å².